The molecule has 0 saturated carbocycles. The van der Waals surface area contributed by atoms with Crippen molar-refractivity contribution in [3.05, 3.63) is 35.7 Å². The molecule has 0 aliphatic carbocycles. The first-order chi connectivity index (χ1) is 7.45. The van der Waals surface area contributed by atoms with Crippen molar-refractivity contribution in [2.45, 2.75) is 13.1 Å². The van der Waals surface area contributed by atoms with Crippen molar-refractivity contribution in [2.75, 3.05) is 0 Å². The number of rotatable bonds is 2. The molecule has 0 fully saturated rings. The maximum atomic E-state index is 12.6. The number of nitrogens with zero attached hydrogens (tertiary/aromatic N) is 2. The summed E-state index contributed by atoms with van der Waals surface area (Å²) >= 11 is 0. The Labute approximate surface area is 89.9 Å². The summed E-state index contributed by atoms with van der Waals surface area (Å²) in [5.41, 5.74) is -1.13. The van der Waals surface area contributed by atoms with Crippen LogP contribution in [0.4, 0.5) is 13.2 Å². The minimum absolute atomic E-state index is 0.338. The van der Waals surface area contributed by atoms with Gasteiger partial charge in [0.1, 0.15) is 0 Å². The van der Waals surface area contributed by atoms with Gasteiger partial charge in [-0.1, -0.05) is 5.16 Å². The number of hydrogen-bond donors (Lipinski definition) is 1. The van der Waals surface area contributed by atoms with Gasteiger partial charge >= 0.3 is 6.18 Å². The lowest BCUT2D eigenvalue weighted by Gasteiger charge is -2.10. The van der Waals surface area contributed by atoms with E-state index >= 15 is 0 Å². The molecule has 0 aliphatic heterocycles. The van der Waals surface area contributed by atoms with Crippen molar-refractivity contribution in [3.63, 3.8) is 0 Å². The SMILES string of the molecule is CC(=N\O)/C(=C/c1ccncc1)C(F)(F)F. The lowest BCUT2D eigenvalue weighted by Crippen LogP contribution is -2.18. The van der Waals surface area contributed by atoms with E-state index in [1.807, 2.05) is 0 Å². The molecule has 1 N–H and O–H groups in total. The Kier molecular flexibility index (Phi) is 3.65. The minimum atomic E-state index is -4.56. The highest BCUT2D eigenvalue weighted by Crippen LogP contribution is 2.28. The lowest BCUT2D eigenvalue weighted by molar-refractivity contribution is -0.0854. The van der Waals surface area contributed by atoms with E-state index in [1.54, 1.807) is 0 Å². The molecule has 6 heteroatoms. The summed E-state index contributed by atoms with van der Waals surface area (Å²) in [4.78, 5) is 3.69. The highest BCUT2D eigenvalue weighted by molar-refractivity contribution is 6.02. The van der Waals surface area contributed by atoms with Crippen LogP contribution in [0, 0.1) is 0 Å². The molecule has 1 heterocycles. The molecular weight excluding hydrogens is 221 g/mol. The Bertz CT molecular complexity index is 410. The van der Waals surface area contributed by atoms with Gasteiger partial charge in [0.25, 0.3) is 0 Å². The van der Waals surface area contributed by atoms with Crippen molar-refractivity contribution in [1.29, 1.82) is 0 Å². The van der Waals surface area contributed by atoms with Crippen LogP contribution in [0.25, 0.3) is 6.08 Å². The molecule has 0 bridgehead atoms. The van der Waals surface area contributed by atoms with Crippen molar-refractivity contribution in [1.82, 2.24) is 4.98 Å². The van der Waals surface area contributed by atoms with E-state index in [9.17, 15) is 13.2 Å². The number of hydrogen-bond acceptors (Lipinski definition) is 3. The van der Waals surface area contributed by atoms with E-state index in [0.29, 0.717) is 5.56 Å². The van der Waals surface area contributed by atoms with Gasteiger partial charge in [0.2, 0.25) is 0 Å². The summed E-state index contributed by atoms with van der Waals surface area (Å²) < 4.78 is 37.7. The molecule has 16 heavy (non-hydrogen) atoms. The molecule has 0 aromatic carbocycles. The molecular formula is C10H9F3N2O. The summed E-state index contributed by atoms with van der Waals surface area (Å²) in [6.07, 6.45) is -0.896. The van der Waals surface area contributed by atoms with Gasteiger partial charge in [-0.2, -0.15) is 13.2 Å². The monoisotopic (exact) mass is 230 g/mol. The topological polar surface area (TPSA) is 45.5 Å². The molecule has 1 rings (SSSR count). The minimum Gasteiger partial charge on any atom is -0.411 e. The molecule has 0 radical (unpaired) electrons. The predicted molar refractivity (Wildman–Crippen MR) is 53.2 cm³/mol. The van der Waals surface area contributed by atoms with Gasteiger partial charge in [-0.15, -0.1) is 0 Å². The average molecular weight is 230 g/mol. The second kappa shape index (κ2) is 4.78. The Balaban J connectivity index is 3.18. The van der Waals surface area contributed by atoms with Crippen LogP contribution in [0.3, 0.4) is 0 Å². The summed E-state index contributed by atoms with van der Waals surface area (Å²) in [7, 11) is 0. The third-order valence-corrected chi connectivity index (χ3v) is 1.86. The second-order valence-electron chi connectivity index (χ2n) is 3.02. The van der Waals surface area contributed by atoms with Gasteiger partial charge in [0.05, 0.1) is 11.3 Å². The Morgan fingerprint density at radius 2 is 1.94 bits per heavy atom. The first-order valence-corrected chi connectivity index (χ1v) is 4.33. The van der Waals surface area contributed by atoms with Gasteiger partial charge in [0.15, 0.2) is 0 Å². The molecule has 0 aliphatic rings. The largest absolute Gasteiger partial charge is 0.418 e. The van der Waals surface area contributed by atoms with Gasteiger partial charge in [0, 0.05) is 12.4 Å². The van der Waals surface area contributed by atoms with Crippen LogP contribution in [-0.4, -0.2) is 22.1 Å². The quantitative estimate of drug-likeness (QED) is 0.482. The van der Waals surface area contributed by atoms with Crippen LogP contribution in [0.1, 0.15) is 12.5 Å². The van der Waals surface area contributed by atoms with Gasteiger partial charge in [-0.3, -0.25) is 4.98 Å². The molecule has 3 nitrogen and oxygen atoms in total. The van der Waals surface area contributed by atoms with E-state index in [0.717, 1.165) is 13.0 Å². The first kappa shape index (κ1) is 12.2. The fourth-order valence-corrected chi connectivity index (χ4v) is 1.07. The first-order valence-electron chi connectivity index (χ1n) is 4.33. The number of alkyl halides is 3. The summed E-state index contributed by atoms with van der Waals surface area (Å²) in [5, 5.41) is 10.9. The Morgan fingerprint density at radius 3 is 2.38 bits per heavy atom. The van der Waals surface area contributed by atoms with Crippen LogP contribution >= 0.6 is 0 Å². The van der Waals surface area contributed by atoms with Crippen molar-refractivity contribution >= 4 is 11.8 Å². The van der Waals surface area contributed by atoms with E-state index in [2.05, 4.69) is 10.1 Å². The zero-order chi connectivity index (χ0) is 12.2. The summed E-state index contributed by atoms with van der Waals surface area (Å²) in [6, 6.07) is 2.85. The number of allylic oxidation sites excluding steroid dienone is 1. The zero-order valence-electron chi connectivity index (χ0n) is 8.36. The van der Waals surface area contributed by atoms with Crippen LogP contribution in [0.15, 0.2) is 35.3 Å². The van der Waals surface area contributed by atoms with E-state index in [-0.39, 0.29) is 0 Å². The lowest BCUT2D eigenvalue weighted by atomic mass is 10.1. The average Bonchev–Trinajstić information content (AvgIpc) is 2.25. The van der Waals surface area contributed by atoms with Crippen molar-refractivity contribution in [2.24, 2.45) is 5.16 Å². The standard InChI is InChI=1S/C10H9F3N2O/c1-7(15-16)9(10(11,12)13)6-8-2-4-14-5-3-8/h2-6,16H,1H3/b9-6-,15-7+. The number of aromatic nitrogens is 1. The molecule has 86 valence electrons. The zero-order valence-corrected chi connectivity index (χ0v) is 8.36. The Hall–Kier alpha value is -1.85. The third kappa shape index (κ3) is 3.08. The maximum Gasteiger partial charge on any atom is 0.418 e. The maximum absolute atomic E-state index is 12.6. The summed E-state index contributed by atoms with van der Waals surface area (Å²) in [6.45, 7) is 1.08. The van der Waals surface area contributed by atoms with Crippen LogP contribution in [-0.2, 0) is 0 Å². The third-order valence-electron chi connectivity index (χ3n) is 1.86. The summed E-state index contributed by atoms with van der Waals surface area (Å²) in [5.74, 6) is 0. The van der Waals surface area contributed by atoms with Crippen LogP contribution in [0.5, 0.6) is 0 Å². The van der Waals surface area contributed by atoms with Crippen molar-refractivity contribution in [3.8, 4) is 0 Å². The van der Waals surface area contributed by atoms with Crippen LogP contribution < -0.4 is 0 Å². The molecule has 1 aromatic rings. The smallest absolute Gasteiger partial charge is 0.411 e. The highest BCUT2D eigenvalue weighted by atomic mass is 19.4. The van der Waals surface area contributed by atoms with Crippen LogP contribution in [0.2, 0.25) is 0 Å². The fourth-order valence-electron chi connectivity index (χ4n) is 1.07. The fraction of sp³-hybridized carbons (Fsp3) is 0.200. The predicted octanol–water partition coefficient (Wildman–Crippen LogP) is 2.88. The molecule has 0 amide bonds. The normalized spacial score (nSPS) is 14.0. The number of oxime groups is 1. The number of halogens is 3. The highest BCUT2D eigenvalue weighted by Gasteiger charge is 2.35. The molecule has 0 atom stereocenters. The molecule has 0 saturated heterocycles. The Morgan fingerprint density at radius 1 is 1.38 bits per heavy atom. The second-order valence-corrected chi connectivity index (χ2v) is 3.02. The molecule has 0 spiro atoms. The van der Waals surface area contributed by atoms with E-state index in [1.165, 1.54) is 24.5 Å². The van der Waals surface area contributed by atoms with E-state index in [4.69, 9.17) is 5.21 Å². The van der Waals surface area contributed by atoms with Gasteiger partial charge in [-0.05, 0) is 30.7 Å². The number of pyridine rings is 1. The van der Waals surface area contributed by atoms with Crippen molar-refractivity contribution < 1.29 is 18.4 Å². The molecule has 1 aromatic heterocycles. The van der Waals surface area contributed by atoms with Gasteiger partial charge in [-0.25, -0.2) is 0 Å². The van der Waals surface area contributed by atoms with Gasteiger partial charge < -0.3 is 5.21 Å². The molecule has 0 unspecified atom stereocenters. The van der Waals surface area contributed by atoms with E-state index < -0.39 is 17.5 Å².